The van der Waals surface area contributed by atoms with E-state index in [-0.39, 0.29) is 0 Å². The first kappa shape index (κ1) is 13.8. The van der Waals surface area contributed by atoms with Crippen LogP contribution in [0.2, 0.25) is 0 Å². The van der Waals surface area contributed by atoms with Crippen molar-refractivity contribution in [2.75, 3.05) is 18.4 Å². The van der Waals surface area contributed by atoms with Crippen LogP contribution in [-0.2, 0) is 0 Å². The Kier molecular flexibility index (Phi) is 4.37. The molecule has 19 heavy (non-hydrogen) atoms. The summed E-state index contributed by atoms with van der Waals surface area (Å²) in [5.41, 5.74) is 9.63. The smallest absolute Gasteiger partial charge is 0.160 e. The van der Waals surface area contributed by atoms with Crippen molar-refractivity contribution < 1.29 is 0 Å². The summed E-state index contributed by atoms with van der Waals surface area (Å²) in [6, 6.07) is 2.04. The second kappa shape index (κ2) is 6.02. The Morgan fingerprint density at radius 1 is 1.21 bits per heavy atom. The van der Waals surface area contributed by atoms with Crippen LogP contribution in [0.4, 0.5) is 5.82 Å². The topological polar surface area (TPSA) is 68.2 Å². The Morgan fingerprint density at radius 3 is 2.74 bits per heavy atom. The lowest BCUT2D eigenvalue weighted by Crippen LogP contribution is -2.09. The Balaban J connectivity index is 2.15. The molecular formula is C14H23N5. The average molecular weight is 261 g/mol. The molecule has 0 amide bonds. The van der Waals surface area contributed by atoms with Crippen molar-refractivity contribution in [1.29, 1.82) is 0 Å². The lowest BCUT2D eigenvalue weighted by molar-refractivity contribution is 0.704. The van der Waals surface area contributed by atoms with Crippen LogP contribution in [0.3, 0.4) is 0 Å². The van der Waals surface area contributed by atoms with Gasteiger partial charge in [0.2, 0.25) is 0 Å². The van der Waals surface area contributed by atoms with Gasteiger partial charge in [0.05, 0.1) is 5.69 Å². The van der Waals surface area contributed by atoms with Gasteiger partial charge in [-0.25, -0.2) is 4.98 Å². The highest BCUT2D eigenvalue weighted by Crippen LogP contribution is 2.18. The molecule has 3 N–H and O–H groups in total. The second-order valence-electron chi connectivity index (χ2n) is 5.00. The van der Waals surface area contributed by atoms with Gasteiger partial charge in [-0.2, -0.15) is 9.61 Å². The Hall–Kier alpha value is -1.62. The molecule has 0 atom stereocenters. The normalized spacial score (nSPS) is 11.2. The Morgan fingerprint density at radius 2 is 2.00 bits per heavy atom. The van der Waals surface area contributed by atoms with E-state index in [1.165, 1.54) is 0 Å². The number of hydrogen-bond acceptors (Lipinski definition) is 4. The zero-order valence-electron chi connectivity index (χ0n) is 12.0. The van der Waals surface area contributed by atoms with E-state index >= 15 is 0 Å². The van der Waals surface area contributed by atoms with Crippen molar-refractivity contribution in [3.05, 3.63) is 23.0 Å². The summed E-state index contributed by atoms with van der Waals surface area (Å²) >= 11 is 0. The standard InChI is InChI=1S/C14H23N5/c1-10-9-13(16-8-6-4-5-7-15)19-14(17-10)11(2)12(3)18-19/h9,16H,4-8,15H2,1-3H3. The molecule has 104 valence electrons. The third kappa shape index (κ3) is 3.04. The molecule has 0 aliphatic carbocycles. The number of unbranched alkanes of at least 4 members (excludes halogenated alkanes) is 2. The third-order valence-corrected chi connectivity index (χ3v) is 3.37. The van der Waals surface area contributed by atoms with E-state index < -0.39 is 0 Å². The summed E-state index contributed by atoms with van der Waals surface area (Å²) < 4.78 is 1.90. The third-order valence-electron chi connectivity index (χ3n) is 3.37. The van der Waals surface area contributed by atoms with Crippen molar-refractivity contribution in [2.45, 2.75) is 40.0 Å². The van der Waals surface area contributed by atoms with Gasteiger partial charge in [0.1, 0.15) is 5.82 Å². The van der Waals surface area contributed by atoms with Gasteiger partial charge < -0.3 is 11.1 Å². The summed E-state index contributed by atoms with van der Waals surface area (Å²) in [5.74, 6) is 1.02. The lowest BCUT2D eigenvalue weighted by atomic mass is 10.2. The van der Waals surface area contributed by atoms with E-state index in [9.17, 15) is 0 Å². The summed E-state index contributed by atoms with van der Waals surface area (Å²) in [4.78, 5) is 4.56. The van der Waals surface area contributed by atoms with E-state index in [4.69, 9.17) is 5.73 Å². The molecule has 0 saturated carbocycles. The van der Waals surface area contributed by atoms with Crippen molar-refractivity contribution >= 4 is 11.5 Å². The van der Waals surface area contributed by atoms with Crippen LogP contribution in [0.1, 0.15) is 36.2 Å². The van der Waals surface area contributed by atoms with Crippen LogP contribution < -0.4 is 11.1 Å². The zero-order valence-corrected chi connectivity index (χ0v) is 12.0. The molecule has 0 unspecified atom stereocenters. The molecule has 5 nitrogen and oxygen atoms in total. The van der Waals surface area contributed by atoms with E-state index in [0.717, 1.165) is 60.8 Å². The van der Waals surface area contributed by atoms with E-state index in [1.54, 1.807) is 0 Å². The molecule has 0 radical (unpaired) electrons. The van der Waals surface area contributed by atoms with Crippen LogP contribution >= 0.6 is 0 Å². The molecule has 0 saturated heterocycles. The number of aromatic nitrogens is 3. The quantitative estimate of drug-likeness (QED) is 0.782. The number of nitrogens with zero attached hydrogens (tertiary/aromatic N) is 3. The van der Waals surface area contributed by atoms with Crippen molar-refractivity contribution in [3.8, 4) is 0 Å². The van der Waals surface area contributed by atoms with Crippen molar-refractivity contribution in [3.63, 3.8) is 0 Å². The number of anilines is 1. The highest BCUT2D eigenvalue weighted by atomic mass is 15.3. The molecule has 0 spiro atoms. The molecule has 0 aliphatic heterocycles. The minimum absolute atomic E-state index is 0.774. The van der Waals surface area contributed by atoms with Gasteiger partial charge in [0.25, 0.3) is 0 Å². The largest absolute Gasteiger partial charge is 0.370 e. The van der Waals surface area contributed by atoms with Crippen molar-refractivity contribution in [1.82, 2.24) is 14.6 Å². The molecule has 0 aromatic carbocycles. The maximum atomic E-state index is 5.49. The maximum Gasteiger partial charge on any atom is 0.160 e. The van der Waals surface area contributed by atoms with Crippen LogP contribution in [0.5, 0.6) is 0 Å². The summed E-state index contributed by atoms with van der Waals surface area (Å²) in [6.45, 7) is 7.81. The van der Waals surface area contributed by atoms with Crippen LogP contribution in [0.15, 0.2) is 6.07 Å². The van der Waals surface area contributed by atoms with Gasteiger partial charge in [-0.1, -0.05) is 6.42 Å². The van der Waals surface area contributed by atoms with E-state index in [1.807, 2.05) is 24.4 Å². The Bertz CT molecular complexity index is 558. The number of nitrogens with two attached hydrogens (primary N) is 1. The highest BCUT2D eigenvalue weighted by Gasteiger charge is 2.10. The first-order valence-electron chi connectivity index (χ1n) is 6.91. The van der Waals surface area contributed by atoms with E-state index in [2.05, 4.69) is 22.3 Å². The van der Waals surface area contributed by atoms with Gasteiger partial charge in [0.15, 0.2) is 5.65 Å². The fraction of sp³-hybridized carbons (Fsp3) is 0.571. The monoisotopic (exact) mass is 261 g/mol. The summed E-state index contributed by atoms with van der Waals surface area (Å²) in [7, 11) is 0. The number of rotatable bonds is 6. The SMILES string of the molecule is Cc1cc(NCCCCCN)n2nc(C)c(C)c2n1. The minimum atomic E-state index is 0.774. The van der Waals surface area contributed by atoms with Crippen LogP contribution in [-0.4, -0.2) is 27.7 Å². The van der Waals surface area contributed by atoms with Gasteiger partial charge >= 0.3 is 0 Å². The van der Waals surface area contributed by atoms with Gasteiger partial charge in [-0.05, 0) is 40.2 Å². The first-order valence-corrected chi connectivity index (χ1v) is 6.91. The van der Waals surface area contributed by atoms with Gasteiger partial charge in [-0.3, -0.25) is 0 Å². The number of fused-ring (bicyclic) bond motifs is 1. The molecule has 0 aliphatic rings. The lowest BCUT2D eigenvalue weighted by Gasteiger charge is -2.09. The molecule has 0 fully saturated rings. The number of hydrogen-bond donors (Lipinski definition) is 2. The molecule has 5 heteroatoms. The average Bonchev–Trinajstić information content (AvgIpc) is 2.66. The maximum absolute atomic E-state index is 5.49. The first-order chi connectivity index (χ1) is 9.13. The fourth-order valence-electron chi connectivity index (χ4n) is 2.14. The van der Waals surface area contributed by atoms with E-state index in [0.29, 0.717) is 0 Å². The molecule has 2 aromatic heterocycles. The predicted molar refractivity (Wildman–Crippen MR) is 78.6 cm³/mol. The summed E-state index contributed by atoms with van der Waals surface area (Å²) in [5, 5.41) is 7.99. The molecule has 2 rings (SSSR count). The second-order valence-corrected chi connectivity index (χ2v) is 5.00. The van der Waals surface area contributed by atoms with Crippen LogP contribution in [0.25, 0.3) is 5.65 Å². The molecule has 2 heterocycles. The molecule has 2 aromatic rings. The molecule has 0 bridgehead atoms. The van der Waals surface area contributed by atoms with Crippen molar-refractivity contribution in [2.24, 2.45) is 5.73 Å². The Labute approximate surface area is 114 Å². The number of aryl methyl sites for hydroxylation is 3. The number of nitrogens with one attached hydrogen (secondary N) is 1. The van der Waals surface area contributed by atoms with Gasteiger partial charge in [0, 0.05) is 23.9 Å². The molecular weight excluding hydrogens is 238 g/mol. The predicted octanol–water partition coefficient (Wildman–Crippen LogP) is 2.20. The van der Waals surface area contributed by atoms with Crippen LogP contribution in [0, 0.1) is 20.8 Å². The zero-order chi connectivity index (χ0) is 13.8. The minimum Gasteiger partial charge on any atom is -0.370 e. The fourth-order valence-corrected chi connectivity index (χ4v) is 2.14. The van der Waals surface area contributed by atoms with Gasteiger partial charge in [-0.15, -0.1) is 0 Å². The highest BCUT2D eigenvalue weighted by molar-refractivity contribution is 5.55. The summed E-state index contributed by atoms with van der Waals surface area (Å²) in [6.07, 6.45) is 3.37.